The molecule has 0 fully saturated rings. The lowest BCUT2D eigenvalue weighted by Crippen LogP contribution is -2.31. The van der Waals surface area contributed by atoms with Crippen LogP contribution in [0, 0.1) is 0 Å². The highest BCUT2D eigenvalue weighted by Crippen LogP contribution is 2.25. The molecular formula is C23H24N4O. The van der Waals surface area contributed by atoms with E-state index in [1.165, 1.54) is 11.1 Å². The van der Waals surface area contributed by atoms with E-state index in [1.54, 1.807) is 12.4 Å². The van der Waals surface area contributed by atoms with Crippen molar-refractivity contribution in [2.24, 2.45) is 0 Å². The second-order valence-electron chi connectivity index (χ2n) is 7.40. The first-order valence-corrected chi connectivity index (χ1v) is 9.66. The number of aromatic nitrogens is 2. The summed E-state index contributed by atoms with van der Waals surface area (Å²) in [5.41, 5.74) is 4.96. The molecule has 0 saturated heterocycles. The maximum Gasteiger partial charge on any atom is 0.275 e. The van der Waals surface area contributed by atoms with E-state index in [4.69, 9.17) is 0 Å². The number of nitrogens with zero attached hydrogens (tertiary/aromatic N) is 3. The van der Waals surface area contributed by atoms with Crippen LogP contribution in [-0.2, 0) is 13.0 Å². The van der Waals surface area contributed by atoms with Crippen molar-refractivity contribution in [3.63, 3.8) is 0 Å². The number of carbonyl (C=O) groups is 1. The molecule has 2 aromatic carbocycles. The summed E-state index contributed by atoms with van der Waals surface area (Å²) >= 11 is 0. The number of rotatable bonds is 4. The fourth-order valence-corrected chi connectivity index (χ4v) is 3.59. The lowest BCUT2D eigenvalue weighted by atomic mass is 10.0. The van der Waals surface area contributed by atoms with E-state index in [2.05, 4.69) is 58.3 Å². The molecular weight excluding hydrogens is 348 g/mol. The number of carbonyl (C=O) groups excluding carboxylic acids is 1. The van der Waals surface area contributed by atoms with Crippen LogP contribution in [0.25, 0.3) is 0 Å². The number of hydrogen-bond acceptors (Lipinski definition) is 4. The monoisotopic (exact) mass is 372 g/mol. The van der Waals surface area contributed by atoms with Crippen molar-refractivity contribution in [2.75, 3.05) is 16.8 Å². The molecule has 5 nitrogen and oxygen atoms in total. The lowest BCUT2D eigenvalue weighted by Gasteiger charge is -2.29. The number of para-hydroxylation sites is 1. The maximum atomic E-state index is 12.6. The summed E-state index contributed by atoms with van der Waals surface area (Å²) < 4.78 is 0. The Kier molecular flexibility index (Phi) is 5.06. The van der Waals surface area contributed by atoms with Crippen LogP contribution in [0.3, 0.4) is 0 Å². The number of fused-ring (bicyclic) bond motifs is 1. The van der Waals surface area contributed by atoms with Gasteiger partial charge >= 0.3 is 0 Å². The molecule has 1 aliphatic rings. The van der Waals surface area contributed by atoms with Gasteiger partial charge in [-0.25, -0.2) is 9.97 Å². The molecule has 0 bridgehead atoms. The molecule has 3 aromatic rings. The maximum absolute atomic E-state index is 12.6. The van der Waals surface area contributed by atoms with E-state index in [9.17, 15) is 4.79 Å². The minimum atomic E-state index is -0.240. The Morgan fingerprint density at radius 1 is 1.00 bits per heavy atom. The first-order valence-electron chi connectivity index (χ1n) is 9.66. The standard InChI is InChI=1S/C23H24N4O/c1-16(2)19-9-5-6-10-20(19)26-23(28)21-13-25-22(14-24-21)27-12-11-17-7-3-4-8-18(17)15-27/h3-10,13-14,16H,11-12,15H2,1-2H3,(H,26,28). The fraction of sp³-hybridized carbons (Fsp3) is 0.261. The van der Waals surface area contributed by atoms with Crippen LogP contribution in [0.5, 0.6) is 0 Å². The van der Waals surface area contributed by atoms with E-state index < -0.39 is 0 Å². The van der Waals surface area contributed by atoms with E-state index in [-0.39, 0.29) is 5.91 Å². The van der Waals surface area contributed by atoms with Crippen molar-refractivity contribution in [1.82, 2.24) is 9.97 Å². The van der Waals surface area contributed by atoms with Crippen LogP contribution in [0.15, 0.2) is 60.9 Å². The zero-order valence-electron chi connectivity index (χ0n) is 16.2. The third-order valence-electron chi connectivity index (χ3n) is 5.16. The Labute approximate surface area is 165 Å². The van der Waals surface area contributed by atoms with Gasteiger partial charge in [0, 0.05) is 18.8 Å². The number of benzene rings is 2. The fourth-order valence-electron chi connectivity index (χ4n) is 3.59. The van der Waals surface area contributed by atoms with Crippen LogP contribution in [0.4, 0.5) is 11.5 Å². The van der Waals surface area contributed by atoms with Crippen LogP contribution in [0.1, 0.15) is 46.9 Å². The SMILES string of the molecule is CC(C)c1ccccc1NC(=O)c1cnc(N2CCc3ccccc3C2)cn1. The quantitative estimate of drug-likeness (QED) is 0.737. The van der Waals surface area contributed by atoms with Crippen LogP contribution < -0.4 is 10.2 Å². The summed E-state index contributed by atoms with van der Waals surface area (Å²) in [7, 11) is 0. The Hall–Kier alpha value is -3.21. The van der Waals surface area contributed by atoms with Gasteiger partial charge in [-0.1, -0.05) is 56.3 Å². The minimum absolute atomic E-state index is 0.240. The molecule has 1 aromatic heterocycles. The Morgan fingerprint density at radius 2 is 1.75 bits per heavy atom. The lowest BCUT2D eigenvalue weighted by molar-refractivity contribution is 0.102. The van der Waals surface area contributed by atoms with Gasteiger partial charge in [0.2, 0.25) is 0 Å². The zero-order chi connectivity index (χ0) is 19.5. The van der Waals surface area contributed by atoms with E-state index in [0.717, 1.165) is 36.6 Å². The van der Waals surface area contributed by atoms with Gasteiger partial charge in [0.15, 0.2) is 0 Å². The third kappa shape index (κ3) is 3.74. The van der Waals surface area contributed by atoms with Crippen molar-refractivity contribution in [3.8, 4) is 0 Å². The van der Waals surface area contributed by atoms with Crippen LogP contribution in [-0.4, -0.2) is 22.4 Å². The average Bonchev–Trinajstić information content (AvgIpc) is 2.73. The van der Waals surface area contributed by atoms with Gasteiger partial charge in [-0.15, -0.1) is 0 Å². The summed E-state index contributed by atoms with van der Waals surface area (Å²) in [6, 6.07) is 16.3. The predicted octanol–water partition coefficient (Wildman–Crippen LogP) is 4.42. The summed E-state index contributed by atoms with van der Waals surface area (Å²) in [5.74, 6) is 0.886. The smallest absolute Gasteiger partial charge is 0.275 e. The number of anilines is 2. The molecule has 0 saturated carbocycles. The first-order chi connectivity index (χ1) is 13.6. The van der Waals surface area contributed by atoms with Crippen molar-refractivity contribution in [3.05, 3.63) is 83.3 Å². The summed E-state index contributed by atoms with van der Waals surface area (Å²) in [4.78, 5) is 23.7. The van der Waals surface area contributed by atoms with Gasteiger partial charge in [0.25, 0.3) is 5.91 Å². The Morgan fingerprint density at radius 3 is 2.50 bits per heavy atom. The van der Waals surface area contributed by atoms with Crippen molar-refractivity contribution in [2.45, 2.75) is 32.7 Å². The largest absolute Gasteiger partial charge is 0.351 e. The molecule has 0 atom stereocenters. The minimum Gasteiger partial charge on any atom is -0.351 e. The van der Waals surface area contributed by atoms with E-state index in [1.807, 2.05) is 24.3 Å². The Balaban J connectivity index is 1.47. The van der Waals surface area contributed by atoms with Gasteiger partial charge in [-0.05, 0) is 35.1 Å². The van der Waals surface area contributed by atoms with E-state index in [0.29, 0.717) is 11.6 Å². The molecule has 1 aliphatic heterocycles. The number of hydrogen-bond donors (Lipinski definition) is 1. The highest BCUT2D eigenvalue weighted by molar-refractivity contribution is 6.03. The highest BCUT2D eigenvalue weighted by Gasteiger charge is 2.18. The summed E-state index contributed by atoms with van der Waals surface area (Å²) in [5, 5.41) is 2.97. The second kappa shape index (κ2) is 7.80. The molecule has 0 aliphatic carbocycles. The van der Waals surface area contributed by atoms with Gasteiger partial charge < -0.3 is 10.2 Å². The number of nitrogens with one attached hydrogen (secondary N) is 1. The van der Waals surface area contributed by atoms with Crippen LogP contribution in [0.2, 0.25) is 0 Å². The third-order valence-corrected chi connectivity index (χ3v) is 5.16. The summed E-state index contributed by atoms with van der Waals surface area (Å²) in [6.45, 7) is 5.93. The zero-order valence-corrected chi connectivity index (χ0v) is 16.2. The van der Waals surface area contributed by atoms with Crippen molar-refractivity contribution >= 4 is 17.4 Å². The number of amides is 1. The molecule has 1 amide bonds. The highest BCUT2D eigenvalue weighted by atomic mass is 16.1. The molecule has 0 radical (unpaired) electrons. The second-order valence-corrected chi connectivity index (χ2v) is 7.40. The normalized spacial score (nSPS) is 13.3. The molecule has 0 unspecified atom stereocenters. The molecule has 1 N–H and O–H groups in total. The van der Waals surface area contributed by atoms with Crippen molar-refractivity contribution in [1.29, 1.82) is 0 Å². The van der Waals surface area contributed by atoms with Crippen LogP contribution >= 0.6 is 0 Å². The molecule has 5 heteroatoms. The topological polar surface area (TPSA) is 58.1 Å². The Bertz CT molecular complexity index is 982. The molecule has 28 heavy (non-hydrogen) atoms. The van der Waals surface area contributed by atoms with Gasteiger partial charge in [0.1, 0.15) is 11.5 Å². The van der Waals surface area contributed by atoms with Gasteiger partial charge in [-0.2, -0.15) is 0 Å². The van der Waals surface area contributed by atoms with Gasteiger partial charge in [-0.3, -0.25) is 4.79 Å². The van der Waals surface area contributed by atoms with Gasteiger partial charge in [0.05, 0.1) is 12.4 Å². The predicted molar refractivity (Wildman–Crippen MR) is 112 cm³/mol. The molecule has 2 heterocycles. The summed E-state index contributed by atoms with van der Waals surface area (Å²) in [6.07, 6.45) is 4.24. The van der Waals surface area contributed by atoms with Crippen molar-refractivity contribution < 1.29 is 4.79 Å². The first kappa shape index (κ1) is 18.2. The molecule has 142 valence electrons. The molecule has 0 spiro atoms. The molecule has 4 rings (SSSR count). The van der Waals surface area contributed by atoms with E-state index >= 15 is 0 Å². The average molecular weight is 372 g/mol.